The van der Waals surface area contributed by atoms with Crippen LogP contribution in [0.3, 0.4) is 0 Å². The Morgan fingerprint density at radius 1 is 1.31 bits per heavy atom. The van der Waals surface area contributed by atoms with E-state index in [0.717, 1.165) is 13.0 Å². The average Bonchev–Trinajstić information content (AvgIpc) is 2.35. The number of aromatic nitrogens is 1. The summed E-state index contributed by atoms with van der Waals surface area (Å²) >= 11 is 0. The first-order chi connectivity index (χ1) is 7.69. The van der Waals surface area contributed by atoms with Crippen molar-refractivity contribution in [2.45, 2.75) is 53.1 Å². The van der Waals surface area contributed by atoms with Crippen LogP contribution in [0.15, 0.2) is 18.3 Å². The molecule has 2 nitrogen and oxygen atoms in total. The molecule has 2 atom stereocenters. The Kier molecular flexibility index (Phi) is 5.47. The molecule has 1 N–H and O–H groups in total. The SMILES string of the molecule is CCc1cccnc1CNC(C)C(C)CC. The molecule has 1 rings (SSSR count). The number of aryl methyl sites for hydroxylation is 1. The second-order valence-electron chi connectivity index (χ2n) is 4.52. The first-order valence-electron chi connectivity index (χ1n) is 6.35. The zero-order valence-corrected chi connectivity index (χ0v) is 11.0. The van der Waals surface area contributed by atoms with Gasteiger partial charge in [0, 0.05) is 18.8 Å². The van der Waals surface area contributed by atoms with Crippen LogP contribution < -0.4 is 5.32 Å². The summed E-state index contributed by atoms with van der Waals surface area (Å²) in [5.74, 6) is 0.716. The van der Waals surface area contributed by atoms with E-state index in [9.17, 15) is 0 Å². The molecule has 0 bridgehead atoms. The van der Waals surface area contributed by atoms with Crippen molar-refractivity contribution in [3.05, 3.63) is 29.6 Å². The van der Waals surface area contributed by atoms with E-state index in [1.165, 1.54) is 17.7 Å². The van der Waals surface area contributed by atoms with Crippen LogP contribution >= 0.6 is 0 Å². The van der Waals surface area contributed by atoms with E-state index < -0.39 is 0 Å². The molecular formula is C14H24N2. The van der Waals surface area contributed by atoms with E-state index in [1.807, 2.05) is 12.3 Å². The lowest BCUT2D eigenvalue weighted by Gasteiger charge is -2.20. The molecular weight excluding hydrogens is 196 g/mol. The highest BCUT2D eigenvalue weighted by Gasteiger charge is 2.10. The van der Waals surface area contributed by atoms with Crippen LogP contribution in [0.25, 0.3) is 0 Å². The molecule has 0 amide bonds. The summed E-state index contributed by atoms with van der Waals surface area (Å²) in [5, 5.41) is 3.56. The Bertz CT molecular complexity index is 309. The minimum atomic E-state index is 0.553. The van der Waals surface area contributed by atoms with Gasteiger partial charge in [-0.15, -0.1) is 0 Å². The maximum absolute atomic E-state index is 4.44. The molecule has 2 unspecified atom stereocenters. The molecule has 0 aliphatic carbocycles. The molecule has 1 heterocycles. The average molecular weight is 220 g/mol. The minimum absolute atomic E-state index is 0.553. The summed E-state index contributed by atoms with van der Waals surface area (Å²) in [5.41, 5.74) is 2.55. The third-order valence-electron chi connectivity index (χ3n) is 3.45. The smallest absolute Gasteiger partial charge is 0.0573 e. The van der Waals surface area contributed by atoms with Crippen molar-refractivity contribution in [2.24, 2.45) is 5.92 Å². The van der Waals surface area contributed by atoms with Crippen LogP contribution in [0, 0.1) is 5.92 Å². The summed E-state index contributed by atoms with van der Waals surface area (Å²) in [6.45, 7) is 9.84. The summed E-state index contributed by atoms with van der Waals surface area (Å²) in [6, 6.07) is 4.73. The summed E-state index contributed by atoms with van der Waals surface area (Å²) in [4.78, 5) is 4.44. The van der Waals surface area contributed by atoms with Gasteiger partial charge in [0.25, 0.3) is 0 Å². The molecule has 16 heavy (non-hydrogen) atoms. The molecule has 1 aromatic heterocycles. The highest BCUT2D eigenvalue weighted by atomic mass is 14.9. The fourth-order valence-corrected chi connectivity index (χ4v) is 1.76. The van der Waals surface area contributed by atoms with Crippen molar-refractivity contribution in [3.8, 4) is 0 Å². The maximum atomic E-state index is 4.44. The van der Waals surface area contributed by atoms with Crippen molar-refractivity contribution in [3.63, 3.8) is 0 Å². The van der Waals surface area contributed by atoms with Crippen molar-refractivity contribution < 1.29 is 0 Å². The maximum Gasteiger partial charge on any atom is 0.0573 e. The van der Waals surface area contributed by atoms with Gasteiger partial charge in [-0.2, -0.15) is 0 Å². The zero-order chi connectivity index (χ0) is 12.0. The lowest BCUT2D eigenvalue weighted by atomic mass is 10.0. The monoisotopic (exact) mass is 220 g/mol. The van der Waals surface area contributed by atoms with Crippen molar-refractivity contribution in [2.75, 3.05) is 0 Å². The van der Waals surface area contributed by atoms with Gasteiger partial charge in [0.1, 0.15) is 0 Å². The summed E-state index contributed by atoms with van der Waals surface area (Å²) < 4.78 is 0. The summed E-state index contributed by atoms with van der Waals surface area (Å²) in [7, 11) is 0. The van der Waals surface area contributed by atoms with E-state index >= 15 is 0 Å². The lowest BCUT2D eigenvalue weighted by Crippen LogP contribution is -2.31. The second kappa shape index (κ2) is 6.64. The van der Waals surface area contributed by atoms with Gasteiger partial charge in [0.05, 0.1) is 5.69 Å². The van der Waals surface area contributed by atoms with Gasteiger partial charge in [-0.3, -0.25) is 4.98 Å². The quantitative estimate of drug-likeness (QED) is 0.796. The Balaban J connectivity index is 2.54. The summed E-state index contributed by atoms with van der Waals surface area (Å²) in [6.07, 6.45) is 4.16. The molecule has 0 saturated heterocycles. The zero-order valence-electron chi connectivity index (χ0n) is 11.0. The van der Waals surface area contributed by atoms with Crippen LogP contribution in [0.5, 0.6) is 0 Å². The van der Waals surface area contributed by atoms with Crippen LogP contribution in [-0.4, -0.2) is 11.0 Å². The fraction of sp³-hybridized carbons (Fsp3) is 0.643. The van der Waals surface area contributed by atoms with Crippen molar-refractivity contribution in [1.82, 2.24) is 10.3 Å². The molecule has 0 fully saturated rings. The number of rotatable bonds is 6. The first-order valence-corrected chi connectivity index (χ1v) is 6.35. The van der Waals surface area contributed by atoms with Gasteiger partial charge in [0.2, 0.25) is 0 Å². The van der Waals surface area contributed by atoms with Crippen LogP contribution in [0.1, 0.15) is 45.4 Å². The first kappa shape index (κ1) is 13.2. The number of hydrogen-bond acceptors (Lipinski definition) is 2. The van der Waals surface area contributed by atoms with Gasteiger partial charge in [-0.05, 0) is 30.9 Å². The topological polar surface area (TPSA) is 24.9 Å². The Labute approximate surface area is 99.5 Å². The molecule has 0 aliphatic rings. The predicted octanol–water partition coefficient (Wildman–Crippen LogP) is 3.17. The van der Waals surface area contributed by atoms with Gasteiger partial charge in [-0.25, -0.2) is 0 Å². The van der Waals surface area contributed by atoms with E-state index in [2.05, 4.69) is 44.1 Å². The fourth-order valence-electron chi connectivity index (χ4n) is 1.76. The van der Waals surface area contributed by atoms with E-state index in [-0.39, 0.29) is 0 Å². The normalized spacial score (nSPS) is 14.8. The van der Waals surface area contributed by atoms with Crippen LogP contribution in [0.2, 0.25) is 0 Å². The Morgan fingerprint density at radius 3 is 2.69 bits per heavy atom. The molecule has 0 aliphatic heterocycles. The number of hydrogen-bond donors (Lipinski definition) is 1. The largest absolute Gasteiger partial charge is 0.308 e. The standard InChI is InChI=1S/C14H24N2/c1-5-11(3)12(4)16-10-14-13(6-2)8-7-9-15-14/h7-9,11-12,16H,5-6,10H2,1-4H3. The molecule has 0 saturated carbocycles. The molecule has 2 heteroatoms. The van der Waals surface area contributed by atoms with Gasteiger partial charge >= 0.3 is 0 Å². The van der Waals surface area contributed by atoms with Gasteiger partial charge < -0.3 is 5.32 Å². The number of nitrogens with one attached hydrogen (secondary N) is 1. The van der Waals surface area contributed by atoms with Gasteiger partial charge in [0.15, 0.2) is 0 Å². The van der Waals surface area contributed by atoms with Crippen molar-refractivity contribution in [1.29, 1.82) is 0 Å². The minimum Gasteiger partial charge on any atom is -0.308 e. The number of pyridine rings is 1. The van der Waals surface area contributed by atoms with Crippen LogP contribution in [-0.2, 0) is 13.0 Å². The molecule has 0 aromatic carbocycles. The second-order valence-corrected chi connectivity index (χ2v) is 4.52. The van der Waals surface area contributed by atoms with Crippen molar-refractivity contribution >= 4 is 0 Å². The van der Waals surface area contributed by atoms with E-state index in [4.69, 9.17) is 0 Å². The number of nitrogens with zero attached hydrogens (tertiary/aromatic N) is 1. The van der Waals surface area contributed by atoms with E-state index in [0.29, 0.717) is 12.0 Å². The molecule has 90 valence electrons. The van der Waals surface area contributed by atoms with Gasteiger partial charge in [-0.1, -0.05) is 33.3 Å². The molecule has 0 spiro atoms. The molecule has 0 radical (unpaired) electrons. The lowest BCUT2D eigenvalue weighted by molar-refractivity contribution is 0.387. The Hall–Kier alpha value is -0.890. The third-order valence-corrected chi connectivity index (χ3v) is 3.45. The highest BCUT2D eigenvalue weighted by molar-refractivity contribution is 5.19. The Morgan fingerprint density at radius 2 is 2.06 bits per heavy atom. The third kappa shape index (κ3) is 3.60. The predicted molar refractivity (Wildman–Crippen MR) is 69.4 cm³/mol. The van der Waals surface area contributed by atoms with E-state index in [1.54, 1.807) is 0 Å². The van der Waals surface area contributed by atoms with Crippen LogP contribution in [0.4, 0.5) is 0 Å². The highest BCUT2D eigenvalue weighted by Crippen LogP contribution is 2.09. The molecule has 1 aromatic rings.